The first-order valence-corrected chi connectivity index (χ1v) is 14.5. The van der Waals surface area contributed by atoms with E-state index in [0.717, 1.165) is 45.0 Å². The fourth-order valence-electron chi connectivity index (χ4n) is 5.80. The molecule has 0 aliphatic carbocycles. The molecule has 0 bridgehead atoms. The van der Waals surface area contributed by atoms with Gasteiger partial charge in [-0.3, -0.25) is 9.80 Å². The predicted octanol–water partition coefficient (Wildman–Crippen LogP) is 5.34. The molecule has 3 aromatic carbocycles. The van der Waals surface area contributed by atoms with E-state index in [-0.39, 0.29) is 0 Å². The molecule has 2 saturated heterocycles. The van der Waals surface area contributed by atoms with Gasteiger partial charge >= 0.3 is 0 Å². The van der Waals surface area contributed by atoms with Crippen molar-refractivity contribution in [3.05, 3.63) is 95.6 Å². The number of likely N-dealkylation sites (tertiary alicyclic amines) is 1. The average Bonchev–Trinajstić information content (AvgIpc) is 2.97. The molecule has 0 spiro atoms. The summed E-state index contributed by atoms with van der Waals surface area (Å²) in [4.78, 5) is 7.76. The van der Waals surface area contributed by atoms with Crippen LogP contribution in [0.15, 0.2) is 78.9 Å². The van der Waals surface area contributed by atoms with Gasteiger partial charge in [0.15, 0.2) is 0 Å². The molecule has 5 rings (SSSR count). The number of nitrogens with one attached hydrogen (secondary N) is 1. The highest BCUT2D eigenvalue weighted by atomic mass is 16.5. The Morgan fingerprint density at radius 1 is 0.737 bits per heavy atom. The average molecular weight is 513 g/mol. The number of piperidine rings is 1. The molecule has 1 N–H and O–H groups in total. The molecule has 2 fully saturated rings. The maximum absolute atomic E-state index is 6.18. The summed E-state index contributed by atoms with van der Waals surface area (Å²) >= 11 is 0. The van der Waals surface area contributed by atoms with Gasteiger partial charge in [0.2, 0.25) is 0 Å². The van der Waals surface area contributed by atoms with Crippen molar-refractivity contribution in [2.24, 2.45) is 0 Å². The highest BCUT2D eigenvalue weighted by Crippen LogP contribution is 2.30. The Labute approximate surface area is 229 Å². The minimum Gasteiger partial charge on any atom is -0.489 e. The first-order chi connectivity index (χ1) is 18.7. The van der Waals surface area contributed by atoms with Crippen LogP contribution < -0.4 is 15.0 Å². The predicted molar refractivity (Wildman–Crippen MR) is 158 cm³/mol. The zero-order valence-electron chi connectivity index (χ0n) is 23.0. The first-order valence-electron chi connectivity index (χ1n) is 14.5. The molecule has 0 amide bonds. The van der Waals surface area contributed by atoms with Gasteiger partial charge in [-0.25, -0.2) is 0 Å². The van der Waals surface area contributed by atoms with Gasteiger partial charge in [0.25, 0.3) is 0 Å². The number of ether oxygens (including phenoxy) is 1. The fourth-order valence-corrected chi connectivity index (χ4v) is 5.80. The van der Waals surface area contributed by atoms with E-state index in [1.165, 1.54) is 61.3 Å². The summed E-state index contributed by atoms with van der Waals surface area (Å²) in [6.45, 7) is 13.0. The SMILES string of the molecule is Cc1c(OCc2ccccc2)cccc1N1CCN(CCCNC2CCN(Cc3ccccc3)CC2)CC1. The van der Waals surface area contributed by atoms with Crippen molar-refractivity contribution in [3.8, 4) is 5.75 Å². The molecule has 2 aliphatic heterocycles. The second-order valence-corrected chi connectivity index (χ2v) is 10.8. The quantitative estimate of drug-likeness (QED) is 0.351. The number of rotatable bonds is 11. The zero-order valence-corrected chi connectivity index (χ0v) is 23.0. The second-order valence-electron chi connectivity index (χ2n) is 10.8. The van der Waals surface area contributed by atoms with Gasteiger partial charge < -0.3 is 15.0 Å². The van der Waals surface area contributed by atoms with Crippen LogP contribution in [0.4, 0.5) is 5.69 Å². The molecule has 0 atom stereocenters. The standard InChI is InChI=1S/C33H44N4O/c1-28-32(14-8-15-33(28)38-27-30-12-6-3-7-13-30)37-24-22-35(23-25-37)19-9-18-34-31-16-20-36(21-17-31)26-29-10-4-2-5-11-29/h2-8,10-15,31,34H,9,16-27H2,1H3. The summed E-state index contributed by atoms with van der Waals surface area (Å²) < 4.78 is 6.18. The maximum Gasteiger partial charge on any atom is 0.124 e. The van der Waals surface area contributed by atoms with E-state index in [2.05, 4.69) is 99.7 Å². The lowest BCUT2D eigenvalue weighted by Gasteiger charge is -2.37. The number of benzene rings is 3. The normalized spacial score (nSPS) is 17.6. The molecule has 0 aromatic heterocycles. The van der Waals surface area contributed by atoms with Gasteiger partial charge in [-0.05, 0) is 75.6 Å². The molecule has 5 heteroatoms. The van der Waals surface area contributed by atoms with Crippen molar-refractivity contribution in [1.29, 1.82) is 0 Å². The molecular formula is C33H44N4O. The van der Waals surface area contributed by atoms with E-state index < -0.39 is 0 Å². The largest absolute Gasteiger partial charge is 0.489 e. The second kappa shape index (κ2) is 13.8. The van der Waals surface area contributed by atoms with E-state index in [4.69, 9.17) is 4.74 Å². The molecule has 5 nitrogen and oxygen atoms in total. The van der Waals surface area contributed by atoms with E-state index in [1.807, 2.05) is 6.07 Å². The molecule has 2 aliphatic rings. The van der Waals surface area contributed by atoms with Crippen LogP contribution in [0.2, 0.25) is 0 Å². The van der Waals surface area contributed by atoms with Crippen LogP contribution >= 0.6 is 0 Å². The van der Waals surface area contributed by atoms with Crippen molar-refractivity contribution in [1.82, 2.24) is 15.1 Å². The van der Waals surface area contributed by atoms with Crippen molar-refractivity contribution in [3.63, 3.8) is 0 Å². The van der Waals surface area contributed by atoms with Crippen LogP contribution in [-0.2, 0) is 13.2 Å². The number of hydrogen-bond donors (Lipinski definition) is 1. The van der Waals surface area contributed by atoms with Crippen LogP contribution in [0.1, 0.15) is 36.0 Å². The van der Waals surface area contributed by atoms with Gasteiger partial charge in [0, 0.05) is 50.0 Å². The summed E-state index contributed by atoms with van der Waals surface area (Å²) in [6, 6.07) is 28.4. The van der Waals surface area contributed by atoms with Gasteiger partial charge in [-0.2, -0.15) is 0 Å². The van der Waals surface area contributed by atoms with Gasteiger partial charge in [0.05, 0.1) is 0 Å². The first kappa shape index (κ1) is 26.7. The third-order valence-electron chi connectivity index (χ3n) is 8.13. The van der Waals surface area contributed by atoms with Crippen molar-refractivity contribution >= 4 is 5.69 Å². The van der Waals surface area contributed by atoms with Gasteiger partial charge in [-0.15, -0.1) is 0 Å². The van der Waals surface area contributed by atoms with Crippen molar-refractivity contribution in [2.45, 2.75) is 45.4 Å². The van der Waals surface area contributed by atoms with E-state index in [9.17, 15) is 0 Å². The van der Waals surface area contributed by atoms with Crippen LogP contribution in [0.3, 0.4) is 0 Å². The lowest BCUT2D eigenvalue weighted by Crippen LogP contribution is -2.47. The van der Waals surface area contributed by atoms with E-state index in [0.29, 0.717) is 12.6 Å². The minimum absolute atomic E-state index is 0.611. The summed E-state index contributed by atoms with van der Waals surface area (Å²) in [5.41, 5.74) is 5.19. The summed E-state index contributed by atoms with van der Waals surface area (Å²) in [5, 5.41) is 3.84. The topological polar surface area (TPSA) is 31.0 Å². The Morgan fingerprint density at radius 3 is 2.13 bits per heavy atom. The number of nitrogens with zero attached hydrogens (tertiary/aromatic N) is 3. The lowest BCUT2D eigenvalue weighted by molar-refractivity contribution is 0.188. The van der Waals surface area contributed by atoms with Crippen LogP contribution in [0, 0.1) is 6.92 Å². The Kier molecular flexibility index (Phi) is 9.70. The Balaban J connectivity index is 0.979. The van der Waals surface area contributed by atoms with E-state index in [1.54, 1.807) is 0 Å². The Bertz CT molecular complexity index is 1090. The lowest BCUT2D eigenvalue weighted by atomic mass is 10.0. The summed E-state index contributed by atoms with van der Waals surface area (Å²) in [5.74, 6) is 0.991. The number of anilines is 1. The van der Waals surface area contributed by atoms with Crippen molar-refractivity contribution in [2.75, 3.05) is 57.3 Å². The highest BCUT2D eigenvalue weighted by Gasteiger charge is 2.21. The molecule has 3 aromatic rings. The van der Waals surface area contributed by atoms with Crippen LogP contribution in [-0.4, -0.2) is 68.2 Å². The molecule has 0 radical (unpaired) electrons. The molecule has 2 heterocycles. The zero-order chi connectivity index (χ0) is 26.0. The van der Waals surface area contributed by atoms with Gasteiger partial charge in [0.1, 0.15) is 12.4 Å². The monoisotopic (exact) mass is 512 g/mol. The van der Waals surface area contributed by atoms with Gasteiger partial charge in [-0.1, -0.05) is 66.7 Å². The molecule has 0 unspecified atom stereocenters. The number of hydrogen-bond acceptors (Lipinski definition) is 5. The van der Waals surface area contributed by atoms with Crippen LogP contribution in [0.25, 0.3) is 0 Å². The van der Waals surface area contributed by atoms with Crippen molar-refractivity contribution < 1.29 is 4.74 Å². The smallest absolute Gasteiger partial charge is 0.124 e. The molecular weight excluding hydrogens is 468 g/mol. The third-order valence-corrected chi connectivity index (χ3v) is 8.13. The summed E-state index contributed by atoms with van der Waals surface area (Å²) in [7, 11) is 0. The molecule has 202 valence electrons. The van der Waals surface area contributed by atoms with E-state index >= 15 is 0 Å². The Hall–Kier alpha value is -2.86. The maximum atomic E-state index is 6.18. The third kappa shape index (κ3) is 7.59. The molecule has 38 heavy (non-hydrogen) atoms. The minimum atomic E-state index is 0.611. The molecule has 0 saturated carbocycles. The highest BCUT2D eigenvalue weighted by molar-refractivity contribution is 5.59. The fraction of sp³-hybridized carbons (Fsp3) is 0.455. The van der Waals surface area contributed by atoms with Crippen LogP contribution in [0.5, 0.6) is 5.75 Å². The summed E-state index contributed by atoms with van der Waals surface area (Å²) in [6.07, 6.45) is 3.75. The Morgan fingerprint density at radius 2 is 1.42 bits per heavy atom. The number of piperazine rings is 1.